The Hall–Kier alpha value is -3.33. The highest BCUT2D eigenvalue weighted by Crippen LogP contribution is 2.29. The summed E-state index contributed by atoms with van der Waals surface area (Å²) < 4.78 is 43.1. The third kappa shape index (κ3) is 6.58. The zero-order valence-electron chi connectivity index (χ0n) is 17.6. The summed E-state index contributed by atoms with van der Waals surface area (Å²) in [7, 11) is 1.47. The molecule has 0 saturated carbocycles. The molecule has 6 nitrogen and oxygen atoms in total. The highest BCUT2D eigenvalue weighted by Gasteiger charge is 2.29. The van der Waals surface area contributed by atoms with Crippen molar-refractivity contribution in [3.8, 4) is 0 Å². The first kappa shape index (κ1) is 23.3. The van der Waals surface area contributed by atoms with E-state index in [1.54, 1.807) is 12.1 Å². The third-order valence-electron chi connectivity index (χ3n) is 4.94. The van der Waals surface area contributed by atoms with Gasteiger partial charge in [-0.2, -0.15) is 13.2 Å². The summed E-state index contributed by atoms with van der Waals surface area (Å²) >= 11 is 0. The van der Waals surface area contributed by atoms with Crippen LogP contribution in [0.1, 0.15) is 11.1 Å². The van der Waals surface area contributed by atoms with Crippen LogP contribution in [-0.4, -0.2) is 56.6 Å². The average molecular weight is 447 g/mol. The summed E-state index contributed by atoms with van der Waals surface area (Å²) in [6.45, 7) is 2.84. The second-order valence-electron chi connectivity index (χ2n) is 7.34. The van der Waals surface area contributed by atoms with E-state index in [4.69, 9.17) is 4.74 Å². The van der Waals surface area contributed by atoms with E-state index in [1.165, 1.54) is 36.2 Å². The van der Waals surface area contributed by atoms with Gasteiger partial charge in [0.1, 0.15) is 0 Å². The lowest BCUT2D eigenvalue weighted by atomic mass is 10.1. The van der Waals surface area contributed by atoms with Gasteiger partial charge >= 0.3 is 6.18 Å². The van der Waals surface area contributed by atoms with E-state index in [2.05, 4.69) is 10.2 Å². The summed E-state index contributed by atoms with van der Waals surface area (Å²) in [5, 5.41) is 2.75. The number of amides is 2. The Labute approximate surface area is 184 Å². The van der Waals surface area contributed by atoms with Crippen LogP contribution in [0.3, 0.4) is 0 Å². The third-order valence-corrected chi connectivity index (χ3v) is 4.94. The number of alkyl halides is 3. The van der Waals surface area contributed by atoms with Gasteiger partial charge in [0.15, 0.2) is 0 Å². The molecule has 2 aromatic rings. The van der Waals surface area contributed by atoms with E-state index >= 15 is 0 Å². The van der Waals surface area contributed by atoms with Gasteiger partial charge in [-0.15, -0.1) is 0 Å². The molecule has 32 heavy (non-hydrogen) atoms. The number of nitrogens with one attached hydrogen (secondary N) is 1. The zero-order chi connectivity index (χ0) is 23.1. The predicted molar refractivity (Wildman–Crippen MR) is 116 cm³/mol. The molecule has 1 fully saturated rings. The Kier molecular flexibility index (Phi) is 7.53. The minimum absolute atomic E-state index is 0.165. The maximum Gasteiger partial charge on any atom is 0.416 e. The molecule has 0 radical (unpaired) electrons. The fraction of sp³-hybridized carbons (Fsp3) is 0.304. The number of carbonyl (C=O) groups is 2. The molecule has 2 amide bonds. The van der Waals surface area contributed by atoms with Crippen LogP contribution < -0.4 is 10.2 Å². The average Bonchev–Trinajstić information content (AvgIpc) is 2.78. The number of hydrogen-bond acceptors (Lipinski definition) is 4. The van der Waals surface area contributed by atoms with Crippen molar-refractivity contribution in [1.29, 1.82) is 0 Å². The largest absolute Gasteiger partial charge is 0.416 e. The lowest BCUT2D eigenvalue weighted by Crippen LogP contribution is -2.36. The molecule has 0 bridgehead atoms. The van der Waals surface area contributed by atoms with Crippen LogP contribution in [0.25, 0.3) is 6.08 Å². The molecule has 0 atom stereocenters. The smallest absolute Gasteiger partial charge is 0.378 e. The first-order valence-electron chi connectivity index (χ1n) is 10.1. The summed E-state index contributed by atoms with van der Waals surface area (Å²) in [4.78, 5) is 27.9. The van der Waals surface area contributed by atoms with Crippen LogP contribution >= 0.6 is 0 Å². The molecular formula is C23H24F3N3O3. The topological polar surface area (TPSA) is 61.9 Å². The minimum Gasteiger partial charge on any atom is -0.378 e. The van der Waals surface area contributed by atoms with E-state index < -0.39 is 17.6 Å². The first-order valence-corrected chi connectivity index (χ1v) is 10.1. The summed E-state index contributed by atoms with van der Waals surface area (Å²) in [5.41, 5.74) is 1.36. The Morgan fingerprint density at radius 3 is 2.28 bits per heavy atom. The second-order valence-corrected chi connectivity index (χ2v) is 7.34. The minimum atomic E-state index is -4.41. The molecule has 0 aromatic heterocycles. The number of halogens is 3. The van der Waals surface area contributed by atoms with Crippen molar-refractivity contribution in [2.45, 2.75) is 6.18 Å². The van der Waals surface area contributed by atoms with Gasteiger partial charge in [0.05, 0.1) is 25.3 Å². The van der Waals surface area contributed by atoms with Crippen molar-refractivity contribution in [3.05, 3.63) is 65.7 Å². The molecule has 170 valence electrons. The highest BCUT2D eigenvalue weighted by molar-refractivity contribution is 5.98. The van der Waals surface area contributed by atoms with Crippen molar-refractivity contribution >= 4 is 29.3 Å². The lowest BCUT2D eigenvalue weighted by Gasteiger charge is -2.28. The van der Waals surface area contributed by atoms with Crippen molar-refractivity contribution in [1.82, 2.24) is 4.90 Å². The van der Waals surface area contributed by atoms with Crippen molar-refractivity contribution in [2.24, 2.45) is 0 Å². The summed E-state index contributed by atoms with van der Waals surface area (Å²) in [6.07, 6.45) is -1.79. The number of anilines is 2. The highest BCUT2D eigenvalue weighted by atomic mass is 19.4. The van der Waals surface area contributed by atoms with E-state index in [0.29, 0.717) is 24.5 Å². The predicted octanol–water partition coefficient (Wildman–Crippen LogP) is 3.65. The quantitative estimate of drug-likeness (QED) is 0.687. The molecule has 2 aromatic carbocycles. The number of rotatable bonds is 6. The van der Waals surface area contributed by atoms with E-state index in [0.717, 1.165) is 30.9 Å². The van der Waals surface area contributed by atoms with Gasteiger partial charge in [-0.1, -0.05) is 12.1 Å². The molecule has 0 aliphatic carbocycles. The van der Waals surface area contributed by atoms with Crippen LogP contribution in [-0.2, 0) is 20.5 Å². The number of ether oxygens (including phenoxy) is 1. The number of likely N-dealkylation sites (N-methyl/N-ethyl adjacent to an activating group) is 1. The molecule has 1 aliphatic rings. The van der Waals surface area contributed by atoms with E-state index in [9.17, 15) is 22.8 Å². The lowest BCUT2D eigenvalue weighted by molar-refractivity contribution is -0.137. The van der Waals surface area contributed by atoms with Gasteiger partial charge in [-0.25, -0.2) is 0 Å². The van der Waals surface area contributed by atoms with Crippen molar-refractivity contribution in [2.75, 3.05) is 50.1 Å². The van der Waals surface area contributed by atoms with Gasteiger partial charge in [-0.05, 0) is 48.0 Å². The van der Waals surface area contributed by atoms with Crippen molar-refractivity contribution in [3.63, 3.8) is 0 Å². The van der Waals surface area contributed by atoms with Crippen molar-refractivity contribution < 1.29 is 27.5 Å². The fourth-order valence-electron chi connectivity index (χ4n) is 3.15. The second kappa shape index (κ2) is 10.3. The molecule has 1 aliphatic heterocycles. The van der Waals surface area contributed by atoms with Crippen LogP contribution in [0.2, 0.25) is 0 Å². The van der Waals surface area contributed by atoms with Crippen LogP contribution in [0.4, 0.5) is 24.5 Å². The summed E-state index contributed by atoms with van der Waals surface area (Å²) in [6, 6.07) is 11.9. The first-order chi connectivity index (χ1) is 15.2. The number of benzene rings is 2. The van der Waals surface area contributed by atoms with Crippen LogP contribution in [0.15, 0.2) is 54.6 Å². The molecule has 1 heterocycles. The molecule has 9 heteroatoms. The maximum atomic E-state index is 12.6. The van der Waals surface area contributed by atoms with Gasteiger partial charge in [0, 0.05) is 37.6 Å². The molecule has 1 saturated heterocycles. The van der Waals surface area contributed by atoms with E-state index in [1.807, 2.05) is 12.1 Å². The molecule has 0 unspecified atom stereocenters. The Morgan fingerprint density at radius 2 is 1.69 bits per heavy atom. The van der Waals surface area contributed by atoms with E-state index in [-0.39, 0.29) is 12.5 Å². The van der Waals surface area contributed by atoms with Gasteiger partial charge in [-0.3, -0.25) is 9.59 Å². The fourth-order valence-corrected chi connectivity index (χ4v) is 3.15. The number of morpholine rings is 1. The van der Waals surface area contributed by atoms with Gasteiger partial charge < -0.3 is 19.9 Å². The maximum absolute atomic E-state index is 12.6. The Balaban J connectivity index is 1.49. The van der Waals surface area contributed by atoms with Crippen LogP contribution in [0.5, 0.6) is 0 Å². The standard InChI is InChI=1S/C23H24F3N3O3/c1-28(22(31)11-4-17-2-5-18(6-3-17)23(24,25)26)16-21(30)27-19-7-9-20(10-8-19)29-12-14-32-15-13-29/h2-11H,12-16H2,1H3,(H,27,30)/b11-4+. The molecule has 3 rings (SSSR count). The molecule has 1 N–H and O–H groups in total. The van der Waals surface area contributed by atoms with Crippen LogP contribution in [0, 0.1) is 0 Å². The summed E-state index contributed by atoms with van der Waals surface area (Å²) in [5.74, 6) is -0.800. The monoisotopic (exact) mass is 447 g/mol. The molecular weight excluding hydrogens is 423 g/mol. The Morgan fingerprint density at radius 1 is 1.06 bits per heavy atom. The number of hydrogen-bond donors (Lipinski definition) is 1. The molecule has 0 spiro atoms. The normalized spacial score (nSPS) is 14.4. The Bertz CT molecular complexity index is 951. The number of nitrogens with zero attached hydrogens (tertiary/aromatic N) is 2. The zero-order valence-corrected chi connectivity index (χ0v) is 17.6. The SMILES string of the molecule is CN(CC(=O)Nc1ccc(N2CCOCC2)cc1)C(=O)/C=C/c1ccc(C(F)(F)F)cc1. The van der Waals surface area contributed by atoms with Gasteiger partial charge in [0.25, 0.3) is 0 Å². The number of carbonyl (C=O) groups excluding carboxylic acids is 2. The van der Waals surface area contributed by atoms with Gasteiger partial charge in [0.2, 0.25) is 11.8 Å².